The van der Waals surface area contributed by atoms with Crippen LogP contribution in [-0.4, -0.2) is 15.0 Å². The summed E-state index contributed by atoms with van der Waals surface area (Å²) >= 11 is 0. The lowest BCUT2D eigenvalue weighted by atomic mass is 10.0. The van der Waals surface area contributed by atoms with E-state index in [9.17, 15) is 12.8 Å². The van der Waals surface area contributed by atoms with Gasteiger partial charge >= 0.3 is 0 Å². The summed E-state index contributed by atoms with van der Waals surface area (Å²) in [6.07, 6.45) is 0. The molecule has 1 fully saturated rings. The Morgan fingerprint density at radius 2 is 1.86 bits per heavy atom. The van der Waals surface area contributed by atoms with Crippen LogP contribution >= 0.6 is 0 Å². The maximum Gasteiger partial charge on any atom is 0.240 e. The third-order valence-corrected chi connectivity index (χ3v) is 6.59. The van der Waals surface area contributed by atoms with Gasteiger partial charge in [-0.3, -0.25) is 0 Å². The number of hydrogen-bond acceptors (Lipinski definition) is 3. The van der Waals surface area contributed by atoms with Gasteiger partial charge in [-0.2, -0.15) is 5.26 Å². The molecular weight excluding hydrogens is 291 g/mol. The van der Waals surface area contributed by atoms with Gasteiger partial charge in [0.2, 0.25) is 10.0 Å². The number of sulfonamides is 1. The Hall–Kier alpha value is -1.45. The molecule has 0 saturated heterocycles. The van der Waals surface area contributed by atoms with E-state index in [0.717, 1.165) is 12.1 Å². The number of nitrogens with zero attached hydrogens (tertiary/aromatic N) is 1. The first-order valence-electron chi connectivity index (χ1n) is 6.73. The summed E-state index contributed by atoms with van der Waals surface area (Å²) in [7, 11) is -3.73. The Bertz CT molecular complexity index is 704. The second kappa shape index (κ2) is 4.79. The number of rotatable bonds is 4. The van der Waals surface area contributed by atoms with Gasteiger partial charge in [0.25, 0.3) is 0 Å². The van der Waals surface area contributed by atoms with Crippen molar-refractivity contribution in [1.29, 1.82) is 5.26 Å². The van der Waals surface area contributed by atoms with Crippen LogP contribution in [0.2, 0.25) is 0 Å². The molecule has 1 aromatic rings. The lowest BCUT2D eigenvalue weighted by Crippen LogP contribution is -2.27. The highest BCUT2D eigenvalue weighted by Crippen LogP contribution is 2.67. The van der Waals surface area contributed by atoms with Crippen LogP contribution < -0.4 is 4.72 Å². The van der Waals surface area contributed by atoms with Crippen LogP contribution in [0.1, 0.15) is 33.3 Å². The molecule has 1 saturated carbocycles. The molecule has 0 aromatic heterocycles. The third kappa shape index (κ3) is 2.56. The molecule has 1 aliphatic rings. The average Bonchev–Trinajstić information content (AvgIpc) is 2.77. The largest absolute Gasteiger partial charge is 0.240 e. The van der Waals surface area contributed by atoms with Crippen molar-refractivity contribution < 1.29 is 12.8 Å². The summed E-state index contributed by atoms with van der Waals surface area (Å²) < 4.78 is 40.3. The number of benzene rings is 1. The molecule has 0 bridgehead atoms. The molecule has 0 heterocycles. The third-order valence-electron chi connectivity index (χ3n) is 5.17. The second-order valence-electron chi connectivity index (χ2n) is 6.60. The first kappa shape index (κ1) is 15.9. The van der Waals surface area contributed by atoms with Crippen LogP contribution in [0.5, 0.6) is 0 Å². The number of nitrogens with one attached hydrogen (secondary N) is 1. The summed E-state index contributed by atoms with van der Waals surface area (Å²) in [5, 5.41) is 8.77. The summed E-state index contributed by atoms with van der Waals surface area (Å²) in [6.45, 7) is 8.77. The quantitative estimate of drug-likeness (QED) is 0.929. The predicted octanol–water partition coefficient (Wildman–Crippen LogP) is 2.66. The molecule has 6 heteroatoms. The SMILES string of the molecule is CC1(C)C(CNS(=O)(=O)c2ccc(F)c(C#N)c2)C1(C)C. The van der Waals surface area contributed by atoms with Crippen LogP contribution in [0.3, 0.4) is 0 Å². The van der Waals surface area contributed by atoms with Crippen molar-refractivity contribution in [1.82, 2.24) is 4.72 Å². The molecule has 2 rings (SSSR count). The molecule has 0 atom stereocenters. The van der Waals surface area contributed by atoms with Gasteiger partial charge in [0.1, 0.15) is 11.9 Å². The van der Waals surface area contributed by atoms with Gasteiger partial charge in [-0.25, -0.2) is 17.5 Å². The van der Waals surface area contributed by atoms with Gasteiger partial charge in [-0.1, -0.05) is 27.7 Å². The fourth-order valence-electron chi connectivity index (χ4n) is 2.88. The zero-order valence-electron chi connectivity index (χ0n) is 12.6. The maximum atomic E-state index is 13.2. The van der Waals surface area contributed by atoms with E-state index < -0.39 is 15.8 Å². The molecular formula is C15H19FN2O2S. The van der Waals surface area contributed by atoms with E-state index in [4.69, 9.17) is 5.26 Å². The fourth-order valence-corrected chi connectivity index (χ4v) is 3.95. The molecule has 0 unspecified atom stereocenters. The number of halogens is 1. The van der Waals surface area contributed by atoms with Crippen LogP contribution in [0, 0.1) is 33.9 Å². The van der Waals surface area contributed by atoms with E-state index in [-0.39, 0.29) is 27.2 Å². The van der Waals surface area contributed by atoms with Crippen LogP contribution in [0.4, 0.5) is 4.39 Å². The number of nitriles is 1. The van der Waals surface area contributed by atoms with Crippen LogP contribution in [0.25, 0.3) is 0 Å². The standard InChI is InChI=1S/C15H19FN2O2S/c1-14(2)13(15(14,3)4)9-18-21(19,20)11-5-6-12(16)10(7-11)8-17/h5-7,13,18H,9H2,1-4H3. The zero-order valence-corrected chi connectivity index (χ0v) is 13.4. The smallest absolute Gasteiger partial charge is 0.211 e. The molecule has 1 aliphatic carbocycles. The predicted molar refractivity (Wildman–Crippen MR) is 77.4 cm³/mol. The summed E-state index contributed by atoms with van der Waals surface area (Å²) in [6, 6.07) is 4.87. The monoisotopic (exact) mass is 310 g/mol. The summed E-state index contributed by atoms with van der Waals surface area (Å²) in [4.78, 5) is -0.0864. The Labute approximate surface area is 125 Å². The molecule has 114 valence electrons. The van der Waals surface area contributed by atoms with Gasteiger partial charge in [-0.15, -0.1) is 0 Å². The Morgan fingerprint density at radius 3 is 2.33 bits per heavy atom. The van der Waals surface area contributed by atoms with Gasteiger partial charge in [0.15, 0.2) is 0 Å². The average molecular weight is 310 g/mol. The van der Waals surface area contributed by atoms with E-state index in [2.05, 4.69) is 32.4 Å². The van der Waals surface area contributed by atoms with E-state index in [1.54, 1.807) is 6.07 Å². The van der Waals surface area contributed by atoms with Crippen molar-refractivity contribution in [2.75, 3.05) is 6.54 Å². The van der Waals surface area contributed by atoms with Crippen molar-refractivity contribution in [2.45, 2.75) is 32.6 Å². The molecule has 1 aromatic carbocycles. The minimum Gasteiger partial charge on any atom is -0.211 e. The minimum atomic E-state index is -3.73. The molecule has 0 amide bonds. The van der Waals surface area contributed by atoms with Gasteiger partial charge < -0.3 is 0 Å². The second-order valence-corrected chi connectivity index (χ2v) is 8.37. The maximum absolute atomic E-state index is 13.2. The van der Waals surface area contributed by atoms with Gasteiger partial charge in [0.05, 0.1) is 10.5 Å². The van der Waals surface area contributed by atoms with E-state index in [1.807, 2.05) is 0 Å². The van der Waals surface area contributed by atoms with Crippen LogP contribution in [0.15, 0.2) is 23.1 Å². The summed E-state index contributed by atoms with van der Waals surface area (Å²) in [5.41, 5.74) is -0.114. The van der Waals surface area contributed by atoms with Crippen LogP contribution in [-0.2, 0) is 10.0 Å². The topological polar surface area (TPSA) is 70.0 Å². The Kier molecular flexibility index (Phi) is 3.63. The van der Waals surface area contributed by atoms with Crippen molar-refractivity contribution in [2.24, 2.45) is 16.7 Å². The zero-order chi connectivity index (χ0) is 16.1. The van der Waals surface area contributed by atoms with Gasteiger partial charge in [-0.05, 0) is 34.9 Å². The van der Waals surface area contributed by atoms with Crippen molar-refractivity contribution in [3.05, 3.63) is 29.6 Å². The first-order valence-corrected chi connectivity index (χ1v) is 8.21. The van der Waals surface area contributed by atoms with Crippen molar-refractivity contribution >= 4 is 10.0 Å². The van der Waals surface area contributed by atoms with Gasteiger partial charge in [0, 0.05) is 6.54 Å². The highest BCUT2D eigenvalue weighted by Gasteiger charge is 2.64. The van der Waals surface area contributed by atoms with E-state index in [1.165, 1.54) is 6.07 Å². The Morgan fingerprint density at radius 1 is 1.29 bits per heavy atom. The van der Waals surface area contributed by atoms with Crippen molar-refractivity contribution in [3.8, 4) is 6.07 Å². The van der Waals surface area contributed by atoms with Crippen molar-refractivity contribution in [3.63, 3.8) is 0 Å². The highest BCUT2D eigenvalue weighted by atomic mass is 32.2. The van der Waals surface area contributed by atoms with E-state index in [0.29, 0.717) is 6.54 Å². The molecule has 0 radical (unpaired) electrons. The summed E-state index contributed by atoms with van der Waals surface area (Å²) in [5.74, 6) is -0.475. The lowest BCUT2D eigenvalue weighted by Gasteiger charge is -2.08. The first-order chi connectivity index (χ1) is 9.54. The molecule has 21 heavy (non-hydrogen) atoms. The molecule has 1 N–H and O–H groups in total. The van der Waals surface area contributed by atoms with E-state index >= 15 is 0 Å². The molecule has 0 aliphatic heterocycles. The normalized spacial score (nSPS) is 20.0. The minimum absolute atomic E-state index is 0.0795. The Balaban J connectivity index is 2.16. The number of hydrogen-bond donors (Lipinski definition) is 1. The molecule has 4 nitrogen and oxygen atoms in total. The molecule has 0 spiro atoms. The highest BCUT2D eigenvalue weighted by molar-refractivity contribution is 7.89. The lowest BCUT2D eigenvalue weighted by molar-refractivity contribution is 0.457. The fraction of sp³-hybridized carbons (Fsp3) is 0.533.